The van der Waals surface area contributed by atoms with E-state index in [9.17, 15) is 43.5 Å². The number of hydrogen-bond acceptors (Lipinski definition) is 10. The van der Waals surface area contributed by atoms with Gasteiger partial charge in [-0.3, -0.25) is 33.6 Å². The highest BCUT2D eigenvalue weighted by Gasteiger charge is 2.28. The van der Waals surface area contributed by atoms with Crippen molar-refractivity contribution in [3.05, 3.63) is 0 Å². The molecule has 0 aliphatic rings. The standard InChI is InChI=1S/C23H39N7O11/c1-11(2)7-15(30-20(37)12(24)10-31)21(38)27-8-17(33)26-9-18(34)28-13(4-6-19(35)36)22(39)29-14(23(40)41)3-5-16(25)32/h11-15,31H,3-10,24H2,1-2H3,(H2,25,32)(H,26,33)(H,27,38)(H,28,34)(H,29,39)(H,30,37)(H,35,36)(H,40,41)/t12-,13-,14-,15-/m0/s1. The van der Waals surface area contributed by atoms with Crippen molar-refractivity contribution >= 4 is 47.4 Å². The molecule has 0 saturated heterocycles. The van der Waals surface area contributed by atoms with Crippen LogP contribution in [0.25, 0.3) is 0 Å². The molecule has 0 aliphatic carbocycles. The van der Waals surface area contributed by atoms with E-state index in [1.807, 2.05) is 0 Å². The topological polar surface area (TPSA) is 309 Å². The fourth-order valence-corrected chi connectivity index (χ4v) is 3.19. The SMILES string of the molecule is CC(C)C[C@H](NC(=O)[C@@H](N)CO)C(=O)NCC(=O)NCC(=O)N[C@@H](CCC(=O)O)C(=O)N[C@@H](CCC(N)=O)C(=O)O. The van der Waals surface area contributed by atoms with E-state index in [0.717, 1.165) is 0 Å². The number of carbonyl (C=O) groups is 8. The van der Waals surface area contributed by atoms with Gasteiger partial charge in [0.25, 0.3) is 0 Å². The van der Waals surface area contributed by atoms with E-state index in [0.29, 0.717) is 0 Å². The van der Waals surface area contributed by atoms with Gasteiger partial charge >= 0.3 is 11.9 Å². The number of carbonyl (C=O) groups excluding carboxylic acids is 6. The summed E-state index contributed by atoms with van der Waals surface area (Å²) in [6.07, 6.45) is -1.47. The fourth-order valence-electron chi connectivity index (χ4n) is 3.19. The average Bonchev–Trinajstić information content (AvgIpc) is 2.88. The van der Waals surface area contributed by atoms with Crippen molar-refractivity contribution in [3.63, 3.8) is 0 Å². The molecule has 0 unspecified atom stereocenters. The minimum atomic E-state index is -1.54. The van der Waals surface area contributed by atoms with Crippen molar-refractivity contribution in [2.24, 2.45) is 17.4 Å². The number of aliphatic hydroxyl groups is 1. The summed E-state index contributed by atoms with van der Waals surface area (Å²) in [4.78, 5) is 94.7. The summed E-state index contributed by atoms with van der Waals surface area (Å²) in [5.74, 6) is -7.88. The lowest BCUT2D eigenvalue weighted by Crippen LogP contribution is -2.54. The van der Waals surface area contributed by atoms with Crippen molar-refractivity contribution in [1.29, 1.82) is 0 Å². The Kier molecular flexibility index (Phi) is 16.9. The summed E-state index contributed by atoms with van der Waals surface area (Å²) in [5.41, 5.74) is 10.4. The molecule has 0 bridgehead atoms. The molecule has 41 heavy (non-hydrogen) atoms. The van der Waals surface area contributed by atoms with Gasteiger partial charge in [-0.15, -0.1) is 0 Å². The molecule has 232 valence electrons. The molecule has 0 aromatic rings. The molecule has 12 N–H and O–H groups in total. The van der Waals surface area contributed by atoms with Crippen LogP contribution in [0.15, 0.2) is 0 Å². The van der Waals surface area contributed by atoms with Crippen LogP contribution in [0.3, 0.4) is 0 Å². The van der Waals surface area contributed by atoms with Crippen LogP contribution in [0.1, 0.15) is 46.0 Å². The highest BCUT2D eigenvalue weighted by molar-refractivity contribution is 5.94. The summed E-state index contributed by atoms with van der Waals surface area (Å²) in [6.45, 7) is 1.66. The second-order valence-corrected chi connectivity index (χ2v) is 9.43. The third-order valence-electron chi connectivity index (χ3n) is 5.34. The molecule has 18 heteroatoms. The number of amides is 6. The molecule has 0 fully saturated rings. The van der Waals surface area contributed by atoms with Crippen LogP contribution in [0.2, 0.25) is 0 Å². The van der Waals surface area contributed by atoms with Crippen molar-refractivity contribution in [2.75, 3.05) is 19.7 Å². The normalized spacial score (nSPS) is 13.6. The molecular formula is C23H39N7O11. The number of aliphatic hydroxyl groups excluding tert-OH is 1. The Hall–Kier alpha value is -4.32. The van der Waals surface area contributed by atoms with Crippen molar-refractivity contribution in [3.8, 4) is 0 Å². The van der Waals surface area contributed by atoms with E-state index >= 15 is 0 Å². The summed E-state index contributed by atoms with van der Waals surface area (Å²) in [6, 6.07) is -5.32. The Morgan fingerprint density at radius 1 is 0.707 bits per heavy atom. The zero-order chi connectivity index (χ0) is 31.7. The van der Waals surface area contributed by atoms with Gasteiger partial charge < -0.3 is 53.4 Å². The first-order valence-corrected chi connectivity index (χ1v) is 12.6. The molecule has 0 saturated carbocycles. The van der Waals surface area contributed by atoms with Crippen LogP contribution in [-0.2, 0) is 38.4 Å². The van der Waals surface area contributed by atoms with Crippen molar-refractivity contribution in [1.82, 2.24) is 26.6 Å². The van der Waals surface area contributed by atoms with Gasteiger partial charge in [0.05, 0.1) is 19.7 Å². The lowest BCUT2D eigenvalue weighted by molar-refractivity contribution is -0.143. The predicted octanol–water partition coefficient (Wildman–Crippen LogP) is -4.75. The quantitative estimate of drug-likeness (QED) is 0.0640. The highest BCUT2D eigenvalue weighted by atomic mass is 16.4. The molecule has 0 heterocycles. The molecular weight excluding hydrogens is 550 g/mol. The number of aliphatic carboxylic acids is 2. The van der Waals surface area contributed by atoms with Gasteiger partial charge in [0, 0.05) is 12.8 Å². The Labute approximate surface area is 235 Å². The fraction of sp³-hybridized carbons (Fsp3) is 0.652. The first kappa shape index (κ1) is 36.7. The van der Waals surface area contributed by atoms with E-state index in [2.05, 4.69) is 26.6 Å². The molecule has 18 nitrogen and oxygen atoms in total. The monoisotopic (exact) mass is 589 g/mol. The second-order valence-electron chi connectivity index (χ2n) is 9.43. The Balaban J connectivity index is 5.05. The first-order valence-electron chi connectivity index (χ1n) is 12.6. The predicted molar refractivity (Wildman–Crippen MR) is 139 cm³/mol. The molecule has 0 aromatic heterocycles. The van der Waals surface area contributed by atoms with E-state index < -0.39 is 104 Å². The Morgan fingerprint density at radius 3 is 1.78 bits per heavy atom. The summed E-state index contributed by atoms with van der Waals surface area (Å²) in [5, 5.41) is 38.3. The average molecular weight is 590 g/mol. The maximum atomic E-state index is 12.6. The summed E-state index contributed by atoms with van der Waals surface area (Å²) >= 11 is 0. The minimum absolute atomic E-state index is 0.0332. The van der Waals surface area contributed by atoms with Crippen molar-refractivity contribution < 1.29 is 53.7 Å². The Bertz CT molecular complexity index is 974. The second kappa shape index (κ2) is 18.9. The van der Waals surface area contributed by atoms with Crippen LogP contribution in [-0.4, -0.2) is 107 Å². The molecule has 0 spiro atoms. The smallest absolute Gasteiger partial charge is 0.326 e. The van der Waals surface area contributed by atoms with Crippen LogP contribution >= 0.6 is 0 Å². The van der Waals surface area contributed by atoms with Crippen LogP contribution in [0.4, 0.5) is 0 Å². The molecule has 6 amide bonds. The zero-order valence-electron chi connectivity index (χ0n) is 22.8. The van der Waals surface area contributed by atoms with Crippen molar-refractivity contribution in [2.45, 2.75) is 70.1 Å². The third-order valence-corrected chi connectivity index (χ3v) is 5.34. The number of carboxylic acid groups (broad SMARTS) is 2. The van der Waals surface area contributed by atoms with Crippen LogP contribution in [0, 0.1) is 5.92 Å². The molecule has 4 atom stereocenters. The van der Waals surface area contributed by atoms with Crippen LogP contribution < -0.4 is 38.1 Å². The maximum absolute atomic E-state index is 12.6. The molecule has 0 rings (SSSR count). The molecule has 0 aromatic carbocycles. The first-order chi connectivity index (χ1) is 19.1. The van der Waals surface area contributed by atoms with E-state index in [-0.39, 0.29) is 25.2 Å². The largest absolute Gasteiger partial charge is 0.481 e. The van der Waals surface area contributed by atoms with E-state index in [1.165, 1.54) is 0 Å². The minimum Gasteiger partial charge on any atom is -0.481 e. The lowest BCUT2D eigenvalue weighted by atomic mass is 10.0. The lowest BCUT2D eigenvalue weighted by Gasteiger charge is -2.22. The van der Waals surface area contributed by atoms with Gasteiger partial charge in [-0.05, 0) is 25.2 Å². The third kappa shape index (κ3) is 16.4. The van der Waals surface area contributed by atoms with E-state index in [1.54, 1.807) is 13.8 Å². The molecule has 0 radical (unpaired) electrons. The number of hydrogen-bond donors (Lipinski definition) is 10. The number of rotatable bonds is 20. The number of nitrogens with two attached hydrogens (primary N) is 2. The number of carboxylic acids is 2. The van der Waals surface area contributed by atoms with Gasteiger partial charge in [0.15, 0.2) is 0 Å². The maximum Gasteiger partial charge on any atom is 0.326 e. The van der Waals surface area contributed by atoms with Gasteiger partial charge in [-0.2, -0.15) is 0 Å². The Morgan fingerprint density at radius 2 is 1.27 bits per heavy atom. The molecule has 0 aliphatic heterocycles. The number of primary amides is 1. The highest BCUT2D eigenvalue weighted by Crippen LogP contribution is 2.06. The van der Waals surface area contributed by atoms with Crippen LogP contribution in [0.5, 0.6) is 0 Å². The van der Waals surface area contributed by atoms with Gasteiger partial charge in [-0.1, -0.05) is 13.8 Å². The number of nitrogens with one attached hydrogen (secondary N) is 5. The van der Waals surface area contributed by atoms with Gasteiger partial charge in [-0.25, -0.2) is 4.79 Å². The summed E-state index contributed by atoms with van der Waals surface area (Å²) in [7, 11) is 0. The van der Waals surface area contributed by atoms with Gasteiger partial charge in [0.2, 0.25) is 35.4 Å². The van der Waals surface area contributed by atoms with Gasteiger partial charge in [0.1, 0.15) is 24.2 Å². The zero-order valence-corrected chi connectivity index (χ0v) is 22.8. The summed E-state index contributed by atoms with van der Waals surface area (Å²) < 4.78 is 0. The van der Waals surface area contributed by atoms with E-state index in [4.69, 9.17) is 21.7 Å².